The Labute approximate surface area is 81.6 Å². The average Bonchev–Trinajstić information content (AvgIpc) is 2.55. The number of hydrogen-bond acceptors (Lipinski definition) is 5. The fraction of sp³-hybridized carbons (Fsp3) is 0.500. The van der Waals surface area contributed by atoms with Crippen molar-refractivity contribution in [3.8, 4) is 0 Å². The van der Waals surface area contributed by atoms with Crippen LogP contribution in [-0.4, -0.2) is 29.5 Å². The summed E-state index contributed by atoms with van der Waals surface area (Å²) in [6.07, 6.45) is 1.53. The molecule has 0 aliphatic rings. The van der Waals surface area contributed by atoms with E-state index in [4.69, 9.17) is 10.5 Å². The SMILES string of the molecule is CCOCn1cc(N)c(C(=O)OC)n1. The minimum Gasteiger partial charge on any atom is -0.464 e. The Bertz CT molecular complexity index is 322. The molecule has 1 aromatic heterocycles. The number of hydrogen-bond donors (Lipinski definition) is 1. The van der Waals surface area contributed by atoms with Crippen molar-refractivity contribution >= 4 is 11.7 Å². The summed E-state index contributed by atoms with van der Waals surface area (Å²) >= 11 is 0. The molecule has 1 aromatic rings. The highest BCUT2D eigenvalue weighted by Crippen LogP contribution is 2.09. The van der Waals surface area contributed by atoms with E-state index in [1.165, 1.54) is 18.0 Å². The first kappa shape index (κ1) is 10.5. The van der Waals surface area contributed by atoms with Crippen LogP contribution in [0.4, 0.5) is 5.69 Å². The van der Waals surface area contributed by atoms with Crippen molar-refractivity contribution in [3.63, 3.8) is 0 Å². The molecule has 0 aliphatic carbocycles. The molecule has 2 N–H and O–H groups in total. The molecule has 6 nitrogen and oxygen atoms in total. The van der Waals surface area contributed by atoms with Gasteiger partial charge in [-0.3, -0.25) is 0 Å². The number of nitrogens with two attached hydrogens (primary N) is 1. The van der Waals surface area contributed by atoms with E-state index in [0.29, 0.717) is 6.61 Å². The first-order valence-electron chi connectivity index (χ1n) is 4.18. The maximum Gasteiger partial charge on any atom is 0.360 e. The second-order valence-corrected chi connectivity index (χ2v) is 2.59. The molecule has 0 aliphatic heterocycles. The van der Waals surface area contributed by atoms with Crippen LogP contribution in [0.15, 0.2) is 6.20 Å². The summed E-state index contributed by atoms with van der Waals surface area (Å²) in [5.41, 5.74) is 5.96. The quantitative estimate of drug-likeness (QED) is 0.703. The molecule has 0 atom stereocenters. The Morgan fingerprint density at radius 3 is 3.00 bits per heavy atom. The minimum absolute atomic E-state index is 0.118. The van der Waals surface area contributed by atoms with E-state index in [0.717, 1.165) is 0 Å². The lowest BCUT2D eigenvalue weighted by Gasteiger charge is -1.99. The van der Waals surface area contributed by atoms with Crippen LogP contribution in [0.3, 0.4) is 0 Å². The van der Waals surface area contributed by atoms with Crippen molar-refractivity contribution in [1.29, 1.82) is 0 Å². The summed E-state index contributed by atoms with van der Waals surface area (Å²) in [7, 11) is 1.28. The molecule has 0 saturated carbocycles. The molecule has 0 fully saturated rings. The van der Waals surface area contributed by atoms with Crippen LogP contribution < -0.4 is 5.73 Å². The van der Waals surface area contributed by atoms with Crippen LogP contribution >= 0.6 is 0 Å². The highest BCUT2D eigenvalue weighted by atomic mass is 16.5. The van der Waals surface area contributed by atoms with Gasteiger partial charge < -0.3 is 15.2 Å². The van der Waals surface area contributed by atoms with Gasteiger partial charge in [-0.25, -0.2) is 9.48 Å². The number of nitrogen functional groups attached to an aromatic ring is 1. The molecule has 1 heterocycles. The lowest BCUT2D eigenvalue weighted by Crippen LogP contribution is -2.07. The number of rotatable bonds is 4. The molecule has 0 spiro atoms. The fourth-order valence-corrected chi connectivity index (χ4v) is 0.943. The molecule has 0 bridgehead atoms. The Hall–Kier alpha value is -1.56. The van der Waals surface area contributed by atoms with Crippen molar-refractivity contribution in [1.82, 2.24) is 9.78 Å². The van der Waals surface area contributed by atoms with Gasteiger partial charge in [0.25, 0.3) is 0 Å². The molecular formula is C8H13N3O3. The van der Waals surface area contributed by atoms with Crippen LogP contribution in [0.1, 0.15) is 17.4 Å². The molecule has 14 heavy (non-hydrogen) atoms. The number of methoxy groups -OCH3 is 1. The summed E-state index contributed by atoms with van der Waals surface area (Å²) in [4.78, 5) is 11.1. The molecule has 78 valence electrons. The molecule has 0 unspecified atom stereocenters. The van der Waals surface area contributed by atoms with E-state index >= 15 is 0 Å². The smallest absolute Gasteiger partial charge is 0.360 e. The number of nitrogens with zero attached hydrogens (tertiary/aromatic N) is 2. The molecule has 6 heteroatoms. The average molecular weight is 199 g/mol. The Balaban J connectivity index is 2.77. The number of anilines is 1. The Morgan fingerprint density at radius 2 is 2.43 bits per heavy atom. The van der Waals surface area contributed by atoms with Crippen molar-refractivity contribution < 1.29 is 14.3 Å². The van der Waals surface area contributed by atoms with E-state index in [1.54, 1.807) is 0 Å². The van der Waals surface area contributed by atoms with Gasteiger partial charge in [-0.05, 0) is 6.92 Å². The number of esters is 1. The number of carbonyl (C=O) groups excluding carboxylic acids is 1. The lowest BCUT2D eigenvalue weighted by molar-refractivity contribution is 0.0583. The number of carbonyl (C=O) groups is 1. The minimum atomic E-state index is -0.544. The van der Waals surface area contributed by atoms with Crippen LogP contribution in [-0.2, 0) is 16.2 Å². The van der Waals surface area contributed by atoms with Crippen LogP contribution in [0, 0.1) is 0 Å². The van der Waals surface area contributed by atoms with E-state index < -0.39 is 5.97 Å². The van der Waals surface area contributed by atoms with Gasteiger partial charge in [-0.2, -0.15) is 5.10 Å². The number of aromatic nitrogens is 2. The molecule has 1 rings (SSSR count). The van der Waals surface area contributed by atoms with Crippen LogP contribution in [0.2, 0.25) is 0 Å². The Kier molecular flexibility index (Phi) is 3.47. The fourth-order valence-electron chi connectivity index (χ4n) is 0.943. The third-order valence-electron chi connectivity index (χ3n) is 1.60. The maximum absolute atomic E-state index is 11.1. The Morgan fingerprint density at radius 1 is 1.71 bits per heavy atom. The van der Waals surface area contributed by atoms with Gasteiger partial charge in [0.05, 0.1) is 19.0 Å². The summed E-state index contributed by atoms with van der Waals surface area (Å²) in [5.74, 6) is -0.544. The second kappa shape index (κ2) is 4.61. The first-order valence-corrected chi connectivity index (χ1v) is 4.18. The predicted octanol–water partition coefficient (Wildman–Crippen LogP) is 0.246. The number of ether oxygens (including phenoxy) is 2. The topological polar surface area (TPSA) is 79.4 Å². The van der Waals surface area contributed by atoms with Gasteiger partial charge in [0, 0.05) is 6.61 Å². The van der Waals surface area contributed by atoms with Gasteiger partial charge in [-0.15, -0.1) is 0 Å². The van der Waals surface area contributed by atoms with Crippen molar-refractivity contribution in [2.45, 2.75) is 13.7 Å². The third kappa shape index (κ3) is 2.23. The highest BCUT2D eigenvalue weighted by Gasteiger charge is 2.14. The van der Waals surface area contributed by atoms with Gasteiger partial charge in [0.2, 0.25) is 0 Å². The van der Waals surface area contributed by atoms with Gasteiger partial charge in [0.15, 0.2) is 5.69 Å². The van der Waals surface area contributed by atoms with Gasteiger partial charge in [-0.1, -0.05) is 0 Å². The van der Waals surface area contributed by atoms with Crippen molar-refractivity contribution in [2.75, 3.05) is 19.5 Å². The molecular weight excluding hydrogens is 186 g/mol. The molecule has 0 amide bonds. The molecule has 0 saturated heterocycles. The predicted molar refractivity (Wildman–Crippen MR) is 49.6 cm³/mol. The summed E-state index contributed by atoms with van der Waals surface area (Å²) in [5, 5.41) is 3.91. The largest absolute Gasteiger partial charge is 0.464 e. The van der Waals surface area contributed by atoms with Gasteiger partial charge >= 0.3 is 5.97 Å². The van der Waals surface area contributed by atoms with E-state index in [-0.39, 0.29) is 18.1 Å². The summed E-state index contributed by atoms with van der Waals surface area (Å²) < 4.78 is 11.0. The summed E-state index contributed by atoms with van der Waals surface area (Å²) in [6, 6.07) is 0. The second-order valence-electron chi connectivity index (χ2n) is 2.59. The van der Waals surface area contributed by atoms with Crippen LogP contribution in [0.5, 0.6) is 0 Å². The first-order chi connectivity index (χ1) is 6.69. The van der Waals surface area contributed by atoms with Crippen molar-refractivity contribution in [3.05, 3.63) is 11.9 Å². The zero-order chi connectivity index (χ0) is 10.6. The van der Waals surface area contributed by atoms with E-state index in [9.17, 15) is 4.79 Å². The standard InChI is InChI=1S/C8H13N3O3/c1-3-14-5-11-4-6(9)7(10-11)8(12)13-2/h4H,3,5,9H2,1-2H3. The van der Waals surface area contributed by atoms with E-state index in [1.807, 2.05) is 6.92 Å². The monoisotopic (exact) mass is 199 g/mol. The van der Waals surface area contributed by atoms with Crippen LogP contribution in [0.25, 0.3) is 0 Å². The van der Waals surface area contributed by atoms with E-state index in [2.05, 4.69) is 9.84 Å². The highest BCUT2D eigenvalue weighted by molar-refractivity contribution is 5.92. The van der Waals surface area contributed by atoms with Crippen molar-refractivity contribution in [2.24, 2.45) is 0 Å². The summed E-state index contributed by atoms with van der Waals surface area (Å²) in [6.45, 7) is 2.72. The molecule has 0 aromatic carbocycles. The zero-order valence-electron chi connectivity index (χ0n) is 8.19. The maximum atomic E-state index is 11.1. The van der Waals surface area contributed by atoms with Gasteiger partial charge in [0.1, 0.15) is 6.73 Å². The lowest BCUT2D eigenvalue weighted by atomic mass is 10.4. The third-order valence-corrected chi connectivity index (χ3v) is 1.60. The normalized spacial score (nSPS) is 10.1. The molecule has 0 radical (unpaired) electrons. The zero-order valence-corrected chi connectivity index (χ0v) is 8.19.